The van der Waals surface area contributed by atoms with Crippen LogP contribution >= 0.6 is 11.8 Å². The minimum absolute atomic E-state index is 0.546. The molecule has 0 saturated carbocycles. The zero-order valence-corrected chi connectivity index (χ0v) is 13.1. The molecular weight excluding hydrogens is 230 g/mol. The Balaban J connectivity index is 4.28. The lowest BCUT2D eigenvalue weighted by molar-refractivity contribution is 0.160. The summed E-state index contributed by atoms with van der Waals surface area (Å²) in [6.07, 6.45) is 3.37. The lowest BCUT2D eigenvalue weighted by Gasteiger charge is -2.33. The summed E-state index contributed by atoms with van der Waals surface area (Å²) in [6.45, 7) is 8.74. The Bertz CT molecular complexity index is 174. The number of nitrogens with two attached hydrogens (primary N) is 1. The van der Waals surface area contributed by atoms with Crippen LogP contribution in [0.4, 0.5) is 0 Å². The van der Waals surface area contributed by atoms with Crippen LogP contribution in [0.5, 0.6) is 0 Å². The predicted octanol–water partition coefficient (Wildman–Crippen LogP) is 1.59. The van der Waals surface area contributed by atoms with E-state index in [1.165, 1.54) is 12.2 Å². The van der Waals surface area contributed by atoms with Crippen molar-refractivity contribution in [2.75, 3.05) is 52.3 Å². The Morgan fingerprint density at radius 1 is 1.18 bits per heavy atom. The molecule has 0 aliphatic carbocycles. The first-order valence-corrected chi connectivity index (χ1v) is 7.98. The molecule has 4 heteroatoms. The number of hydrogen-bond acceptors (Lipinski definition) is 4. The maximum Gasteiger partial charge on any atom is 0.0226 e. The fraction of sp³-hybridized carbons (Fsp3) is 1.00. The molecule has 0 spiro atoms. The van der Waals surface area contributed by atoms with Gasteiger partial charge in [0, 0.05) is 32.2 Å². The van der Waals surface area contributed by atoms with Gasteiger partial charge in [0.15, 0.2) is 0 Å². The van der Waals surface area contributed by atoms with Gasteiger partial charge in [-0.25, -0.2) is 0 Å². The topological polar surface area (TPSA) is 32.5 Å². The van der Waals surface area contributed by atoms with Crippen molar-refractivity contribution in [1.29, 1.82) is 0 Å². The Labute approximate surface area is 112 Å². The highest BCUT2D eigenvalue weighted by Crippen LogP contribution is 2.10. The predicted molar refractivity (Wildman–Crippen MR) is 80.8 cm³/mol. The molecule has 17 heavy (non-hydrogen) atoms. The van der Waals surface area contributed by atoms with Gasteiger partial charge in [0.1, 0.15) is 0 Å². The van der Waals surface area contributed by atoms with E-state index in [0.717, 1.165) is 26.2 Å². The van der Waals surface area contributed by atoms with E-state index in [1.54, 1.807) is 0 Å². The molecule has 0 bridgehead atoms. The zero-order valence-electron chi connectivity index (χ0n) is 12.3. The number of hydrogen-bond donors (Lipinski definition) is 1. The summed E-state index contributed by atoms with van der Waals surface area (Å²) in [5.41, 5.74) is 5.93. The molecule has 1 unspecified atom stereocenters. The van der Waals surface area contributed by atoms with E-state index < -0.39 is 0 Å². The fourth-order valence-corrected chi connectivity index (χ4v) is 2.43. The summed E-state index contributed by atoms with van der Waals surface area (Å²) in [7, 11) is 4.26. The molecule has 1 atom stereocenters. The van der Waals surface area contributed by atoms with Crippen LogP contribution in [0.25, 0.3) is 0 Å². The van der Waals surface area contributed by atoms with E-state index >= 15 is 0 Å². The van der Waals surface area contributed by atoms with Gasteiger partial charge < -0.3 is 10.6 Å². The highest BCUT2D eigenvalue weighted by atomic mass is 32.2. The zero-order chi connectivity index (χ0) is 13.3. The van der Waals surface area contributed by atoms with Gasteiger partial charge in [0.25, 0.3) is 0 Å². The molecule has 0 fully saturated rings. The van der Waals surface area contributed by atoms with Crippen molar-refractivity contribution in [3.8, 4) is 0 Å². The Morgan fingerprint density at radius 3 is 2.24 bits per heavy atom. The van der Waals surface area contributed by atoms with Crippen LogP contribution in [0.3, 0.4) is 0 Å². The third kappa shape index (κ3) is 8.89. The number of likely N-dealkylation sites (N-methyl/N-ethyl adjacent to an activating group) is 1. The molecule has 0 aromatic heterocycles. The Morgan fingerprint density at radius 2 is 1.82 bits per heavy atom. The molecule has 0 aliphatic heterocycles. The summed E-state index contributed by atoms with van der Waals surface area (Å²) < 4.78 is 0. The van der Waals surface area contributed by atoms with Gasteiger partial charge in [-0.3, -0.25) is 4.90 Å². The van der Waals surface area contributed by atoms with Gasteiger partial charge in [-0.05, 0) is 38.4 Å². The number of nitrogens with zero attached hydrogens (tertiary/aromatic N) is 2. The van der Waals surface area contributed by atoms with Crippen LogP contribution in [-0.4, -0.2) is 68.1 Å². The van der Waals surface area contributed by atoms with E-state index in [2.05, 4.69) is 44.0 Å². The average Bonchev–Trinajstić information content (AvgIpc) is 2.25. The second-order valence-electron chi connectivity index (χ2n) is 5.36. The van der Waals surface area contributed by atoms with Crippen LogP contribution in [0.2, 0.25) is 0 Å². The lowest BCUT2D eigenvalue weighted by atomic mass is 10.1. The maximum atomic E-state index is 5.93. The fourth-order valence-electron chi connectivity index (χ4n) is 1.92. The largest absolute Gasteiger partial charge is 0.329 e. The summed E-state index contributed by atoms with van der Waals surface area (Å²) in [6, 6.07) is 0.546. The third-order valence-corrected chi connectivity index (χ3v) is 3.52. The van der Waals surface area contributed by atoms with Crippen molar-refractivity contribution in [1.82, 2.24) is 9.80 Å². The van der Waals surface area contributed by atoms with Crippen molar-refractivity contribution in [3.05, 3.63) is 0 Å². The molecule has 104 valence electrons. The number of rotatable bonds is 10. The van der Waals surface area contributed by atoms with E-state index in [9.17, 15) is 0 Å². The van der Waals surface area contributed by atoms with Crippen molar-refractivity contribution < 1.29 is 0 Å². The molecule has 0 radical (unpaired) electrons. The molecule has 0 amide bonds. The second-order valence-corrected chi connectivity index (χ2v) is 6.35. The highest BCUT2D eigenvalue weighted by molar-refractivity contribution is 7.98. The SMILES string of the molecule is CSCCC(CN)N(CCN(C)C)CC(C)C. The van der Waals surface area contributed by atoms with E-state index in [0.29, 0.717) is 12.0 Å². The second kappa shape index (κ2) is 10.2. The molecule has 3 nitrogen and oxygen atoms in total. The van der Waals surface area contributed by atoms with Crippen molar-refractivity contribution in [2.24, 2.45) is 11.7 Å². The molecule has 2 N–H and O–H groups in total. The van der Waals surface area contributed by atoms with Gasteiger partial charge in [0.05, 0.1) is 0 Å². The van der Waals surface area contributed by atoms with Crippen molar-refractivity contribution >= 4 is 11.8 Å². The van der Waals surface area contributed by atoms with Gasteiger partial charge >= 0.3 is 0 Å². The molecule has 0 heterocycles. The standard InChI is InChI=1S/C13H31N3S/c1-12(2)11-16(8-7-15(3)4)13(10-14)6-9-17-5/h12-13H,6-11,14H2,1-5H3. The maximum absolute atomic E-state index is 5.93. The van der Waals surface area contributed by atoms with Crippen LogP contribution < -0.4 is 5.73 Å². The lowest BCUT2D eigenvalue weighted by Crippen LogP contribution is -2.45. The van der Waals surface area contributed by atoms with Crippen LogP contribution in [0.1, 0.15) is 20.3 Å². The minimum atomic E-state index is 0.546. The van der Waals surface area contributed by atoms with Crippen LogP contribution in [-0.2, 0) is 0 Å². The van der Waals surface area contributed by atoms with Gasteiger partial charge in [-0.15, -0.1) is 0 Å². The van der Waals surface area contributed by atoms with Crippen LogP contribution in [0.15, 0.2) is 0 Å². The van der Waals surface area contributed by atoms with Gasteiger partial charge in [-0.2, -0.15) is 11.8 Å². The van der Waals surface area contributed by atoms with E-state index in [1.807, 2.05) is 11.8 Å². The van der Waals surface area contributed by atoms with Crippen molar-refractivity contribution in [2.45, 2.75) is 26.3 Å². The number of thioether (sulfide) groups is 1. The minimum Gasteiger partial charge on any atom is -0.329 e. The van der Waals surface area contributed by atoms with Gasteiger partial charge in [0.2, 0.25) is 0 Å². The summed E-state index contributed by atoms with van der Waals surface area (Å²) >= 11 is 1.91. The molecular formula is C13H31N3S. The van der Waals surface area contributed by atoms with Crippen molar-refractivity contribution in [3.63, 3.8) is 0 Å². The Hall–Kier alpha value is 0.230. The average molecular weight is 261 g/mol. The first-order chi connectivity index (χ1) is 8.01. The quantitative estimate of drug-likeness (QED) is 0.647. The van der Waals surface area contributed by atoms with Gasteiger partial charge in [-0.1, -0.05) is 13.8 Å². The third-order valence-electron chi connectivity index (χ3n) is 2.88. The monoisotopic (exact) mass is 261 g/mol. The molecule has 0 aliphatic rings. The van der Waals surface area contributed by atoms with E-state index in [4.69, 9.17) is 5.73 Å². The first kappa shape index (κ1) is 17.2. The summed E-state index contributed by atoms with van der Waals surface area (Å²) in [5.74, 6) is 1.92. The Kier molecular flexibility index (Phi) is 10.3. The smallest absolute Gasteiger partial charge is 0.0226 e. The summed E-state index contributed by atoms with van der Waals surface area (Å²) in [5, 5.41) is 0. The highest BCUT2D eigenvalue weighted by Gasteiger charge is 2.17. The molecule has 0 aromatic carbocycles. The molecule has 0 aromatic rings. The normalized spacial score (nSPS) is 13.9. The molecule has 0 saturated heterocycles. The summed E-state index contributed by atoms with van der Waals surface area (Å²) in [4.78, 5) is 4.82. The van der Waals surface area contributed by atoms with Crippen LogP contribution in [0, 0.1) is 5.92 Å². The first-order valence-electron chi connectivity index (χ1n) is 6.59. The van der Waals surface area contributed by atoms with E-state index in [-0.39, 0.29) is 0 Å². The molecule has 0 rings (SSSR count).